The molecule has 2 nitrogen and oxygen atoms in total. The maximum atomic E-state index is 5.34. The first kappa shape index (κ1) is 37.1. The minimum Gasteiger partial charge on any atom is -0.228 e. The average Bonchev–Trinajstić information content (AvgIpc) is 3.68. The van der Waals surface area contributed by atoms with E-state index in [1.54, 1.807) is 0 Å². The number of fused-ring (bicyclic) bond motifs is 3. The van der Waals surface area contributed by atoms with E-state index in [1.807, 2.05) is 6.07 Å². The van der Waals surface area contributed by atoms with Crippen molar-refractivity contribution in [2.24, 2.45) is 0 Å². The quantitative estimate of drug-likeness (QED) is 0.150. The first-order chi connectivity index (χ1) is 32.2. The number of aromatic nitrogens is 2. The molecule has 1 heterocycles. The molecule has 13 rings (SSSR count). The van der Waals surface area contributed by atoms with Crippen LogP contribution >= 0.6 is 0 Å². The summed E-state index contributed by atoms with van der Waals surface area (Å²) in [5.74, 6) is 0.698. The van der Waals surface area contributed by atoms with E-state index in [4.69, 9.17) is 9.97 Å². The van der Waals surface area contributed by atoms with Gasteiger partial charge in [-0.25, -0.2) is 9.97 Å². The highest BCUT2D eigenvalue weighted by atomic mass is 14.9. The number of hydrogen-bond acceptors (Lipinski definition) is 2. The normalized spacial score (nSPS) is 12.7. The Morgan fingerprint density at radius 1 is 0.277 bits per heavy atom. The molecule has 0 aliphatic heterocycles. The standard InChI is InChI=1S/C63H40N2/c1-5-14-41(15-6-1)42-24-26-43(27-25-42)58-40-59(65-62(64-58)47-16-7-2-8-17-47)49-33-36-54-53-35-32-48(52-34-30-46-29-28-44-18-13-19-45-31-37-55(52)61(46)60(44)45)38-56(53)63(57(54)39-49,50-20-9-3-10-21-50)51-22-11-4-12-23-51/h1-40H. The fourth-order valence-corrected chi connectivity index (χ4v) is 10.7. The zero-order valence-corrected chi connectivity index (χ0v) is 35.5. The predicted octanol–water partition coefficient (Wildman–Crippen LogP) is 16.1. The molecule has 12 aromatic rings. The van der Waals surface area contributed by atoms with Crippen LogP contribution in [0.1, 0.15) is 22.3 Å². The van der Waals surface area contributed by atoms with Crippen molar-refractivity contribution in [2.45, 2.75) is 5.41 Å². The highest BCUT2D eigenvalue weighted by Crippen LogP contribution is 2.58. The van der Waals surface area contributed by atoms with Gasteiger partial charge >= 0.3 is 0 Å². The van der Waals surface area contributed by atoms with Crippen LogP contribution in [0.25, 0.3) is 99.6 Å². The molecule has 65 heavy (non-hydrogen) atoms. The van der Waals surface area contributed by atoms with Gasteiger partial charge in [0, 0.05) is 16.7 Å². The molecule has 1 aromatic heterocycles. The van der Waals surface area contributed by atoms with Gasteiger partial charge in [-0.1, -0.05) is 224 Å². The third-order valence-electron chi connectivity index (χ3n) is 13.7. The largest absolute Gasteiger partial charge is 0.228 e. The molecule has 0 atom stereocenters. The molecular formula is C63H40N2. The Kier molecular flexibility index (Phi) is 8.47. The Balaban J connectivity index is 1.02. The van der Waals surface area contributed by atoms with E-state index in [9.17, 15) is 0 Å². The molecule has 0 fully saturated rings. The number of rotatable bonds is 7. The Morgan fingerprint density at radius 3 is 1.35 bits per heavy atom. The minimum atomic E-state index is -0.617. The van der Waals surface area contributed by atoms with Crippen molar-refractivity contribution >= 4 is 32.3 Å². The molecule has 0 saturated heterocycles. The predicted molar refractivity (Wildman–Crippen MR) is 270 cm³/mol. The van der Waals surface area contributed by atoms with Crippen molar-refractivity contribution < 1.29 is 0 Å². The maximum Gasteiger partial charge on any atom is 0.160 e. The van der Waals surface area contributed by atoms with Crippen LogP contribution in [0.4, 0.5) is 0 Å². The maximum absolute atomic E-state index is 5.34. The van der Waals surface area contributed by atoms with Gasteiger partial charge in [0.1, 0.15) is 0 Å². The topological polar surface area (TPSA) is 25.8 Å². The van der Waals surface area contributed by atoms with Gasteiger partial charge < -0.3 is 0 Å². The summed E-state index contributed by atoms with van der Waals surface area (Å²) in [5.41, 5.74) is 16.5. The number of hydrogen-bond donors (Lipinski definition) is 0. The van der Waals surface area contributed by atoms with Gasteiger partial charge in [-0.2, -0.15) is 0 Å². The molecule has 1 aliphatic carbocycles. The average molecular weight is 825 g/mol. The lowest BCUT2D eigenvalue weighted by Crippen LogP contribution is -2.28. The smallest absolute Gasteiger partial charge is 0.160 e. The molecule has 2 heteroatoms. The highest BCUT2D eigenvalue weighted by molar-refractivity contribution is 6.25. The first-order valence-corrected chi connectivity index (χ1v) is 22.4. The summed E-state index contributed by atoms with van der Waals surface area (Å²) in [4.78, 5) is 10.5. The SMILES string of the molecule is c1ccc(-c2ccc(-c3cc(-c4ccc5c(c4)C(c4ccccc4)(c4ccccc4)c4cc(-c6ccc7ccc8cccc9ccc6c7c89)ccc4-5)nc(-c4ccccc4)n3)cc2)cc1. The third kappa shape index (κ3) is 5.88. The molecule has 0 saturated carbocycles. The molecular weight excluding hydrogens is 785 g/mol. The molecule has 302 valence electrons. The van der Waals surface area contributed by atoms with Gasteiger partial charge in [-0.15, -0.1) is 0 Å². The van der Waals surface area contributed by atoms with Crippen LogP contribution < -0.4 is 0 Å². The lowest BCUT2D eigenvalue weighted by molar-refractivity contribution is 0.769. The van der Waals surface area contributed by atoms with Crippen LogP contribution in [0.5, 0.6) is 0 Å². The minimum absolute atomic E-state index is 0.617. The van der Waals surface area contributed by atoms with Crippen molar-refractivity contribution in [3.63, 3.8) is 0 Å². The molecule has 0 unspecified atom stereocenters. The van der Waals surface area contributed by atoms with Crippen molar-refractivity contribution in [3.8, 4) is 67.3 Å². The van der Waals surface area contributed by atoms with Crippen molar-refractivity contribution in [3.05, 3.63) is 265 Å². The van der Waals surface area contributed by atoms with Crippen LogP contribution in [0.3, 0.4) is 0 Å². The second kappa shape index (κ2) is 14.8. The Morgan fingerprint density at radius 2 is 0.723 bits per heavy atom. The third-order valence-corrected chi connectivity index (χ3v) is 13.7. The fourth-order valence-electron chi connectivity index (χ4n) is 10.7. The van der Waals surface area contributed by atoms with Gasteiger partial charge in [0.15, 0.2) is 5.82 Å². The van der Waals surface area contributed by atoms with E-state index < -0.39 is 5.41 Å². The van der Waals surface area contributed by atoms with E-state index >= 15 is 0 Å². The summed E-state index contributed by atoms with van der Waals surface area (Å²) >= 11 is 0. The van der Waals surface area contributed by atoms with Crippen LogP contribution in [-0.4, -0.2) is 9.97 Å². The highest BCUT2D eigenvalue weighted by Gasteiger charge is 2.46. The van der Waals surface area contributed by atoms with Crippen LogP contribution in [0, 0.1) is 0 Å². The summed E-state index contributed by atoms with van der Waals surface area (Å²) in [6.45, 7) is 0. The van der Waals surface area contributed by atoms with Gasteiger partial charge in [0.05, 0.1) is 16.8 Å². The van der Waals surface area contributed by atoms with Gasteiger partial charge in [0.25, 0.3) is 0 Å². The van der Waals surface area contributed by atoms with E-state index in [1.165, 1.54) is 88.0 Å². The molecule has 0 spiro atoms. The van der Waals surface area contributed by atoms with Crippen LogP contribution in [-0.2, 0) is 5.41 Å². The second-order valence-corrected chi connectivity index (χ2v) is 17.2. The fraction of sp³-hybridized carbons (Fsp3) is 0.0159. The molecule has 0 bridgehead atoms. The van der Waals surface area contributed by atoms with Crippen molar-refractivity contribution in [1.29, 1.82) is 0 Å². The molecule has 0 N–H and O–H groups in total. The molecule has 0 radical (unpaired) electrons. The Bertz CT molecular complexity index is 3670. The summed E-state index contributed by atoms with van der Waals surface area (Å²) in [6, 6.07) is 88.5. The van der Waals surface area contributed by atoms with Gasteiger partial charge in [-0.3, -0.25) is 0 Å². The van der Waals surface area contributed by atoms with Gasteiger partial charge in [-0.05, 0) is 106 Å². The number of benzene rings is 11. The molecule has 1 aliphatic rings. The summed E-state index contributed by atoms with van der Waals surface area (Å²) in [6.07, 6.45) is 0. The Hall–Kier alpha value is -8.46. The lowest BCUT2D eigenvalue weighted by atomic mass is 9.67. The molecule has 11 aromatic carbocycles. The summed E-state index contributed by atoms with van der Waals surface area (Å²) < 4.78 is 0. The first-order valence-electron chi connectivity index (χ1n) is 22.4. The second-order valence-electron chi connectivity index (χ2n) is 17.2. The van der Waals surface area contributed by atoms with E-state index in [-0.39, 0.29) is 0 Å². The van der Waals surface area contributed by atoms with E-state index in [2.05, 4.69) is 237 Å². The van der Waals surface area contributed by atoms with Crippen molar-refractivity contribution in [2.75, 3.05) is 0 Å². The van der Waals surface area contributed by atoms with E-state index in [0.29, 0.717) is 5.82 Å². The Labute approximate surface area is 378 Å². The zero-order chi connectivity index (χ0) is 42.9. The monoisotopic (exact) mass is 824 g/mol. The van der Waals surface area contributed by atoms with Crippen molar-refractivity contribution in [1.82, 2.24) is 9.97 Å². The zero-order valence-electron chi connectivity index (χ0n) is 35.5. The van der Waals surface area contributed by atoms with Crippen LogP contribution in [0.2, 0.25) is 0 Å². The number of nitrogens with zero attached hydrogens (tertiary/aromatic N) is 2. The summed E-state index contributed by atoms with van der Waals surface area (Å²) in [5, 5.41) is 7.76. The lowest BCUT2D eigenvalue weighted by Gasteiger charge is -2.34. The summed E-state index contributed by atoms with van der Waals surface area (Å²) in [7, 11) is 0. The van der Waals surface area contributed by atoms with Crippen LogP contribution in [0.15, 0.2) is 243 Å². The molecule has 0 amide bonds. The van der Waals surface area contributed by atoms with E-state index in [0.717, 1.165) is 28.1 Å². The van der Waals surface area contributed by atoms with Gasteiger partial charge in [0.2, 0.25) is 0 Å².